The van der Waals surface area contributed by atoms with Gasteiger partial charge in [0.05, 0.1) is 0 Å². The van der Waals surface area contributed by atoms with Crippen molar-refractivity contribution in [1.82, 2.24) is 9.97 Å². The van der Waals surface area contributed by atoms with Crippen LogP contribution in [-0.4, -0.2) is 29.0 Å². The Morgan fingerprint density at radius 2 is 1.67 bits per heavy atom. The Hall–Kier alpha value is -2.43. The predicted octanol–water partition coefficient (Wildman–Crippen LogP) is 3.70. The maximum absolute atomic E-state index is 12.7. The van der Waals surface area contributed by atoms with E-state index in [1.54, 1.807) is 12.3 Å². The number of anilines is 2. The number of aryl methyl sites for hydroxylation is 2. The lowest BCUT2D eigenvalue weighted by molar-refractivity contribution is 0.102. The average molecular weight is 326 g/mol. The van der Waals surface area contributed by atoms with Crippen molar-refractivity contribution in [2.24, 2.45) is 0 Å². The Labute approximate surface area is 144 Å². The summed E-state index contributed by atoms with van der Waals surface area (Å²) in [6.07, 6.45) is 3.39. The van der Waals surface area contributed by atoms with Crippen molar-refractivity contribution in [3.63, 3.8) is 0 Å². The zero-order valence-electron chi connectivity index (χ0n) is 15.0. The van der Waals surface area contributed by atoms with E-state index in [0.29, 0.717) is 11.6 Å². The van der Waals surface area contributed by atoms with Crippen LogP contribution in [0.2, 0.25) is 0 Å². The fourth-order valence-corrected chi connectivity index (χ4v) is 2.71. The van der Waals surface area contributed by atoms with Gasteiger partial charge in [-0.15, -0.1) is 0 Å². The van der Waals surface area contributed by atoms with Crippen molar-refractivity contribution in [2.45, 2.75) is 40.5 Å². The van der Waals surface area contributed by atoms with E-state index >= 15 is 0 Å². The standard InChI is InChI=1S/C19H26N4O/c1-5-14-10-9-11-15(6-2)17(14)22-18(24)16-12-13-20-19(21-16)23(7-3)8-4/h9-13H,5-8H2,1-4H3,(H,22,24). The third-order valence-electron chi connectivity index (χ3n) is 4.16. The fourth-order valence-electron chi connectivity index (χ4n) is 2.71. The maximum atomic E-state index is 12.7. The fraction of sp³-hybridized carbons (Fsp3) is 0.421. The summed E-state index contributed by atoms with van der Waals surface area (Å²) in [5, 5.41) is 3.05. The molecular weight excluding hydrogens is 300 g/mol. The molecular formula is C19H26N4O. The summed E-state index contributed by atoms with van der Waals surface area (Å²) in [5.74, 6) is 0.397. The Balaban J connectivity index is 2.29. The van der Waals surface area contributed by atoms with Gasteiger partial charge < -0.3 is 10.2 Å². The van der Waals surface area contributed by atoms with E-state index in [4.69, 9.17) is 0 Å². The number of carbonyl (C=O) groups is 1. The number of benzene rings is 1. The van der Waals surface area contributed by atoms with Gasteiger partial charge in [0.1, 0.15) is 5.69 Å². The van der Waals surface area contributed by atoms with Gasteiger partial charge in [-0.1, -0.05) is 32.0 Å². The largest absolute Gasteiger partial charge is 0.341 e. The molecule has 24 heavy (non-hydrogen) atoms. The van der Waals surface area contributed by atoms with Gasteiger partial charge in [0, 0.05) is 25.0 Å². The van der Waals surface area contributed by atoms with Crippen molar-refractivity contribution in [3.05, 3.63) is 47.3 Å². The molecule has 0 fully saturated rings. The maximum Gasteiger partial charge on any atom is 0.274 e. The van der Waals surface area contributed by atoms with E-state index in [-0.39, 0.29) is 5.91 Å². The molecule has 1 N–H and O–H groups in total. The summed E-state index contributed by atoms with van der Waals surface area (Å²) < 4.78 is 0. The number of rotatable bonds is 7. The molecule has 1 amide bonds. The van der Waals surface area contributed by atoms with E-state index < -0.39 is 0 Å². The van der Waals surface area contributed by atoms with Crippen LogP contribution < -0.4 is 10.2 Å². The van der Waals surface area contributed by atoms with Crippen LogP contribution in [0.3, 0.4) is 0 Å². The molecule has 0 bridgehead atoms. The average Bonchev–Trinajstić information content (AvgIpc) is 2.63. The Morgan fingerprint density at radius 1 is 1.04 bits per heavy atom. The quantitative estimate of drug-likeness (QED) is 0.843. The van der Waals surface area contributed by atoms with Gasteiger partial charge in [-0.2, -0.15) is 0 Å². The van der Waals surface area contributed by atoms with Gasteiger partial charge in [-0.3, -0.25) is 4.79 Å². The van der Waals surface area contributed by atoms with Crippen molar-refractivity contribution in [2.75, 3.05) is 23.3 Å². The highest BCUT2D eigenvalue weighted by molar-refractivity contribution is 6.03. The molecule has 0 saturated carbocycles. The second-order valence-corrected chi connectivity index (χ2v) is 5.53. The van der Waals surface area contributed by atoms with E-state index in [2.05, 4.69) is 41.3 Å². The van der Waals surface area contributed by atoms with Crippen LogP contribution in [0.15, 0.2) is 30.5 Å². The zero-order chi connectivity index (χ0) is 17.5. The van der Waals surface area contributed by atoms with Gasteiger partial charge in [-0.25, -0.2) is 9.97 Å². The number of nitrogens with zero attached hydrogens (tertiary/aromatic N) is 3. The zero-order valence-corrected chi connectivity index (χ0v) is 15.0. The SMILES string of the molecule is CCc1cccc(CC)c1NC(=O)c1ccnc(N(CC)CC)n1. The number of carbonyl (C=O) groups excluding carboxylic acids is 1. The number of hydrogen-bond donors (Lipinski definition) is 1. The minimum absolute atomic E-state index is 0.193. The minimum atomic E-state index is -0.193. The van der Waals surface area contributed by atoms with E-state index in [0.717, 1.165) is 42.7 Å². The molecule has 2 rings (SSSR count). The summed E-state index contributed by atoms with van der Waals surface area (Å²) in [6.45, 7) is 9.89. The summed E-state index contributed by atoms with van der Waals surface area (Å²) >= 11 is 0. The van der Waals surface area contributed by atoms with E-state index in [9.17, 15) is 4.79 Å². The normalized spacial score (nSPS) is 10.5. The first-order chi connectivity index (χ1) is 11.6. The molecule has 1 aromatic carbocycles. The second-order valence-electron chi connectivity index (χ2n) is 5.53. The molecule has 0 aliphatic heterocycles. The number of nitrogens with one attached hydrogen (secondary N) is 1. The monoisotopic (exact) mass is 326 g/mol. The van der Waals surface area contributed by atoms with E-state index in [1.165, 1.54) is 0 Å². The Bertz CT molecular complexity index is 673. The molecule has 5 heteroatoms. The molecule has 128 valence electrons. The number of aromatic nitrogens is 2. The lowest BCUT2D eigenvalue weighted by Gasteiger charge is -2.19. The molecule has 0 unspecified atom stereocenters. The lowest BCUT2D eigenvalue weighted by atomic mass is 10.0. The minimum Gasteiger partial charge on any atom is -0.341 e. The molecule has 2 aromatic rings. The molecule has 0 saturated heterocycles. The Morgan fingerprint density at radius 3 is 2.21 bits per heavy atom. The summed E-state index contributed by atoms with van der Waals surface area (Å²) in [4.78, 5) is 23.4. The second kappa shape index (κ2) is 8.43. The highest BCUT2D eigenvalue weighted by Crippen LogP contribution is 2.23. The summed E-state index contributed by atoms with van der Waals surface area (Å²) in [6, 6.07) is 7.80. The van der Waals surface area contributed by atoms with Gasteiger partial charge in [-0.05, 0) is 43.9 Å². The third kappa shape index (κ3) is 3.91. The highest BCUT2D eigenvalue weighted by atomic mass is 16.1. The van der Waals surface area contributed by atoms with Crippen LogP contribution in [-0.2, 0) is 12.8 Å². The van der Waals surface area contributed by atoms with Crippen molar-refractivity contribution in [1.29, 1.82) is 0 Å². The molecule has 0 aliphatic carbocycles. The molecule has 0 atom stereocenters. The number of amides is 1. The highest BCUT2D eigenvalue weighted by Gasteiger charge is 2.15. The summed E-state index contributed by atoms with van der Waals surface area (Å²) in [7, 11) is 0. The van der Waals surface area contributed by atoms with Crippen molar-refractivity contribution in [3.8, 4) is 0 Å². The smallest absolute Gasteiger partial charge is 0.274 e. The molecule has 0 aliphatic rings. The topological polar surface area (TPSA) is 58.1 Å². The van der Waals surface area contributed by atoms with Gasteiger partial charge >= 0.3 is 0 Å². The Kier molecular flexibility index (Phi) is 6.29. The third-order valence-corrected chi connectivity index (χ3v) is 4.16. The van der Waals surface area contributed by atoms with Gasteiger partial charge in [0.25, 0.3) is 5.91 Å². The number of para-hydroxylation sites is 1. The predicted molar refractivity (Wildman–Crippen MR) is 98.7 cm³/mol. The van der Waals surface area contributed by atoms with Crippen molar-refractivity contribution >= 4 is 17.5 Å². The first-order valence-corrected chi connectivity index (χ1v) is 8.64. The molecule has 1 aromatic heterocycles. The molecule has 1 heterocycles. The van der Waals surface area contributed by atoms with Crippen molar-refractivity contribution < 1.29 is 4.79 Å². The van der Waals surface area contributed by atoms with E-state index in [1.807, 2.05) is 24.8 Å². The van der Waals surface area contributed by atoms with Crippen LogP contribution in [0.1, 0.15) is 49.3 Å². The first kappa shape index (κ1) is 17.9. The lowest BCUT2D eigenvalue weighted by Crippen LogP contribution is -2.25. The van der Waals surface area contributed by atoms with Crippen LogP contribution >= 0.6 is 0 Å². The van der Waals surface area contributed by atoms with Gasteiger partial charge in [0.2, 0.25) is 5.95 Å². The van der Waals surface area contributed by atoms with Crippen LogP contribution in [0.4, 0.5) is 11.6 Å². The molecule has 0 spiro atoms. The van der Waals surface area contributed by atoms with Crippen LogP contribution in [0.5, 0.6) is 0 Å². The van der Waals surface area contributed by atoms with Crippen LogP contribution in [0.25, 0.3) is 0 Å². The molecule has 5 nitrogen and oxygen atoms in total. The molecule has 0 radical (unpaired) electrons. The van der Waals surface area contributed by atoms with Gasteiger partial charge in [0.15, 0.2) is 0 Å². The number of hydrogen-bond acceptors (Lipinski definition) is 4. The first-order valence-electron chi connectivity index (χ1n) is 8.64. The van der Waals surface area contributed by atoms with Crippen LogP contribution in [0, 0.1) is 0 Å². The summed E-state index contributed by atoms with van der Waals surface area (Å²) in [5.41, 5.74) is 3.58.